The van der Waals surface area contributed by atoms with Gasteiger partial charge in [-0.15, -0.1) is 0 Å². The molecule has 4 amide bonds. The highest BCUT2D eigenvalue weighted by Gasteiger charge is 2.33. The summed E-state index contributed by atoms with van der Waals surface area (Å²) in [4.78, 5) is 58.3. The number of aliphatic hydroxyl groups is 1. The molecule has 12 heteroatoms. The van der Waals surface area contributed by atoms with Crippen LogP contribution in [0.1, 0.15) is 27.2 Å². The highest BCUT2D eigenvalue weighted by atomic mass is 16.4. The fourth-order valence-corrected chi connectivity index (χ4v) is 2.08. The van der Waals surface area contributed by atoms with Crippen LogP contribution >= 0.6 is 0 Å². The monoisotopic (exact) mass is 389 g/mol. The topological polar surface area (TPSA) is 214 Å². The van der Waals surface area contributed by atoms with Crippen LogP contribution in [0.3, 0.4) is 0 Å². The predicted molar refractivity (Wildman–Crippen MR) is 92.8 cm³/mol. The molecule has 0 radical (unpaired) electrons. The number of rotatable bonds is 11. The van der Waals surface area contributed by atoms with E-state index in [0.717, 1.165) is 0 Å². The van der Waals surface area contributed by atoms with Gasteiger partial charge in [-0.3, -0.25) is 19.2 Å². The number of nitrogens with one attached hydrogen (secondary N) is 3. The van der Waals surface area contributed by atoms with E-state index in [2.05, 4.69) is 16.0 Å². The number of hydrogen-bond donors (Lipinski definition) is 7. The Morgan fingerprint density at radius 1 is 0.926 bits per heavy atom. The predicted octanol–water partition coefficient (Wildman–Crippen LogP) is -3.60. The molecule has 0 aromatic rings. The molecule has 0 aliphatic carbocycles. The summed E-state index contributed by atoms with van der Waals surface area (Å²) in [5, 5.41) is 25.5. The van der Waals surface area contributed by atoms with Crippen molar-refractivity contribution in [1.82, 2.24) is 16.0 Å². The third kappa shape index (κ3) is 8.46. The molecule has 0 fully saturated rings. The smallest absolute Gasteiger partial charge is 0.326 e. The van der Waals surface area contributed by atoms with E-state index in [-0.39, 0.29) is 0 Å². The molecule has 0 aromatic carbocycles. The first kappa shape index (κ1) is 24.3. The van der Waals surface area contributed by atoms with Crippen LogP contribution in [-0.2, 0) is 24.0 Å². The Bertz CT molecular complexity index is 579. The van der Waals surface area contributed by atoms with E-state index in [1.165, 1.54) is 6.92 Å². The van der Waals surface area contributed by atoms with Gasteiger partial charge in [0.2, 0.25) is 23.6 Å². The van der Waals surface area contributed by atoms with E-state index in [1.54, 1.807) is 13.8 Å². The quantitative estimate of drug-likeness (QED) is 0.187. The molecular formula is C15H27N5O7. The van der Waals surface area contributed by atoms with Crippen molar-refractivity contribution in [1.29, 1.82) is 0 Å². The zero-order valence-corrected chi connectivity index (χ0v) is 15.4. The van der Waals surface area contributed by atoms with Gasteiger partial charge in [-0.25, -0.2) is 4.79 Å². The van der Waals surface area contributed by atoms with Crippen molar-refractivity contribution in [3.8, 4) is 0 Å². The minimum absolute atomic E-state index is 0.447. The first-order valence-corrected chi connectivity index (χ1v) is 8.20. The number of carboxylic acids is 1. The number of carboxylic acid groups (broad SMARTS) is 1. The van der Waals surface area contributed by atoms with E-state index in [0.29, 0.717) is 0 Å². The number of nitrogens with two attached hydrogens (primary N) is 2. The fourth-order valence-electron chi connectivity index (χ4n) is 2.08. The summed E-state index contributed by atoms with van der Waals surface area (Å²) < 4.78 is 0. The molecule has 0 saturated carbocycles. The molecule has 0 saturated heterocycles. The largest absolute Gasteiger partial charge is 0.480 e. The van der Waals surface area contributed by atoms with E-state index < -0.39 is 72.7 Å². The fraction of sp³-hybridized carbons (Fsp3) is 0.667. The number of aliphatic hydroxyl groups excluding tert-OH is 1. The van der Waals surface area contributed by atoms with Gasteiger partial charge in [0.15, 0.2) is 0 Å². The number of hydrogen-bond acceptors (Lipinski definition) is 7. The maximum absolute atomic E-state index is 12.3. The third-order valence-electron chi connectivity index (χ3n) is 3.54. The van der Waals surface area contributed by atoms with Gasteiger partial charge in [0.05, 0.1) is 19.1 Å². The highest BCUT2D eigenvalue weighted by Crippen LogP contribution is 2.04. The number of aliphatic carboxylic acids is 1. The zero-order valence-electron chi connectivity index (χ0n) is 15.4. The first-order chi connectivity index (χ1) is 12.4. The highest BCUT2D eigenvalue weighted by molar-refractivity contribution is 5.95. The first-order valence-electron chi connectivity index (χ1n) is 8.20. The van der Waals surface area contributed by atoms with Crippen LogP contribution in [-0.4, -0.2) is 70.6 Å². The summed E-state index contributed by atoms with van der Waals surface area (Å²) in [5.74, 6) is -5.27. The Labute approximate surface area is 156 Å². The number of amides is 4. The van der Waals surface area contributed by atoms with Gasteiger partial charge in [0, 0.05) is 0 Å². The summed E-state index contributed by atoms with van der Waals surface area (Å²) in [6.45, 7) is 3.90. The van der Waals surface area contributed by atoms with Gasteiger partial charge in [-0.1, -0.05) is 13.8 Å². The molecule has 154 valence electrons. The molecule has 0 aromatic heterocycles. The molecule has 4 unspecified atom stereocenters. The summed E-state index contributed by atoms with van der Waals surface area (Å²) in [7, 11) is 0. The van der Waals surface area contributed by atoms with Gasteiger partial charge in [0.25, 0.3) is 0 Å². The molecule has 9 N–H and O–H groups in total. The maximum Gasteiger partial charge on any atom is 0.326 e. The number of primary amides is 1. The summed E-state index contributed by atoms with van der Waals surface area (Å²) in [6.07, 6.45) is -1.95. The van der Waals surface area contributed by atoms with Gasteiger partial charge < -0.3 is 37.6 Å². The minimum Gasteiger partial charge on any atom is -0.480 e. The minimum atomic E-state index is -1.52. The van der Waals surface area contributed by atoms with Crippen molar-refractivity contribution < 1.29 is 34.2 Å². The zero-order chi connectivity index (χ0) is 21.3. The molecular weight excluding hydrogens is 362 g/mol. The summed E-state index contributed by atoms with van der Waals surface area (Å²) >= 11 is 0. The second-order valence-electron chi connectivity index (χ2n) is 6.29. The SMILES string of the molecule is CC(C)C(NC(=O)C(NC(=O)C(CC(N)=O)NC(=O)CN)C(C)O)C(=O)O. The Morgan fingerprint density at radius 3 is 1.81 bits per heavy atom. The van der Waals surface area contributed by atoms with Crippen LogP contribution in [0.5, 0.6) is 0 Å². The standard InChI is InChI=1S/C15H27N5O7/c1-6(2)11(15(26)27)19-14(25)12(7(3)21)20-13(24)8(4-9(17)22)18-10(23)5-16/h6-8,11-12,21H,4-5,16H2,1-3H3,(H2,17,22)(H,18,23)(H,19,25)(H,20,24)(H,26,27). The Balaban J connectivity index is 5.31. The molecule has 0 rings (SSSR count). The summed E-state index contributed by atoms with van der Waals surface area (Å²) in [5.41, 5.74) is 10.2. The summed E-state index contributed by atoms with van der Waals surface area (Å²) in [6, 6.07) is -4.18. The van der Waals surface area contributed by atoms with Crippen molar-refractivity contribution in [3.63, 3.8) is 0 Å². The van der Waals surface area contributed by atoms with Crippen LogP contribution < -0.4 is 27.4 Å². The van der Waals surface area contributed by atoms with Gasteiger partial charge in [0.1, 0.15) is 18.1 Å². The lowest BCUT2D eigenvalue weighted by Crippen LogP contribution is -2.60. The van der Waals surface area contributed by atoms with E-state index in [1.807, 2.05) is 0 Å². The molecule has 12 nitrogen and oxygen atoms in total. The molecule has 0 heterocycles. The van der Waals surface area contributed by atoms with Crippen molar-refractivity contribution in [2.75, 3.05) is 6.54 Å². The van der Waals surface area contributed by atoms with Crippen molar-refractivity contribution in [3.05, 3.63) is 0 Å². The van der Waals surface area contributed by atoms with Gasteiger partial charge in [-0.2, -0.15) is 0 Å². The Hall–Kier alpha value is -2.73. The second-order valence-corrected chi connectivity index (χ2v) is 6.29. The van der Waals surface area contributed by atoms with Crippen LogP contribution in [0, 0.1) is 5.92 Å². The Morgan fingerprint density at radius 2 is 1.44 bits per heavy atom. The Kier molecular flexibility index (Phi) is 9.96. The average molecular weight is 389 g/mol. The average Bonchev–Trinajstić information content (AvgIpc) is 2.54. The lowest BCUT2D eigenvalue weighted by Gasteiger charge is -2.26. The third-order valence-corrected chi connectivity index (χ3v) is 3.54. The van der Waals surface area contributed by atoms with Crippen LogP contribution in [0.15, 0.2) is 0 Å². The second kappa shape index (κ2) is 11.1. The van der Waals surface area contributed by atoms with Gasteiger partial charge >= 0.3 is 5.97 Å². The number of carbonyl (C=O) groups excluding carboxylic acids is 4. The van der Waals surface area contributed by atoms with Gasteiger partial charge in [-0.05, 0) is 12.8 Å². The molecule has 0 aliphatic heterocycles. The molecule has 4 atom stereocenters. The van der Waals surface area contributed by atoms with E-state index >= 15 is 0 Å². The lowest BCUT2D eigenvalue weighted by molar-refractivity contribution is -0.144. The molecule has 0 spiro atoms. The lowest BCUT2D eigenvalue weighted by atomic mass is 10.0. The van der Waals surface area contributed by atoms with E-state index in [9.17, 15) is 29.1 Å². The van der Waals surface area contributed by atoms with Crippen molar-refractivity contribution in [2.24, 2.45) is 17.4 Å². The molecule has 0 aliphatic rings. The van der Waals surface area contributed by atoms with E-state index in [4.69, 9.17) is 16.6 Å². The molecule has 0 bridgehead atoms. The number of carbonyl (C=O) groups is 5. The van der Waals surface area contributed by atoms with Crippen LogP contribution in [0.25, 0.3) is 0 Å². The van der Waals surface area contributed by atoms with Crippen molar-refractivity contribution in [2.45, 2.75) is 51.4 Å². The van der Waals surface area contributed by atoms with Crippen LogP contribution in [0.4, 0.5) is 0 Å². The van der Waals surface area contributed by atoms with Crippen LogP contribution in [0.2, 0.25) is 0 Å². The van der Waals surface area contributed by atoms with Crippen molar-refractivity contribution >= 4 is 29.6 Å². The normalized spacial score (nSPS) is 15.2. The molecule has 27 heavy (non-hydrogen) atoms. The maximum atomic E-state index is 12.3.